The lowest BCUT2D eigenvalue weighted by molar-refractivity contribution is 0.0650. The van der Waals surface area contributed by atoms with Crippen LogP contribution in [0.25, 0.3) is 10.9 Å². The Morgan fingerprint density at radius 3 is 2.10 bits per heavy atom. The third kappa shape index (κ3) is 3.34. The van der Waals surface area contributed by atoms with Crippen LogP contribution in [-0.2, 0) is 0 Å². The molecule has 3 aromatic rings. The third-order valence-corrected chi connectivity index (χ3v) is 7.20. The van der Waals surface area contributed by atoms with Crippen LogP contribution in [0.4, 0.5) is 0 Å². The first-order valence-electron chi connectivity index (χ1n) is 10.8. The molecule has 30 heavy (non-hydrogen) atoms. The number of carbonyl (C=O) groups is 2. The molecule has 156 valence electrons. The van der Waals surface area contributed by atoms with E-state index >= 15 is 0 Å². The number of nitrogens with one attached hydrogen (secondary N) is 1. The fourth-order valence-corrected chi connectivity index (χ4v) is 4.79. The van der Waals surface area contributed by atoms with Crippen LogP contribution in [0, 0.1) is 40.5 Å². The first kappa shape index (κ1) is 20.4. The molecule has 4 rings (SSSR count). The number of hydrogen-bond donors (Lipinski definition) is 1. The Bertz CT molecular complexity index is 1120. The number of nitrogens with zero attached hydrogens (tertiary/aromatic N) is 1. The van der Waals surface area contributed by atoms with E-state index in [0.29, 0.717) is 18.7 Å². The zero-order valence-corrected chi connectivity index (χ0v) is 18.6. The molecule has 1 aliphatic heterocycles. The molecule has 1 aromatic heterocycles. The number of amides is 1. The molecule has 1 amide bonds. The van der Waals surface area contributed by atoms with E-state index in [9.17, 15) is 9.59 Å². The number of likely N-dealkylation sites (tertiary alicyclic amines) is 1. The van der Waals surface area contributed by atoms with Crippen LogP contribution in [0.5, 0.6) is 0 Å². The molecule has 4 nitrogen and oxygen atoms in total. The average Bonchev–Trinajstić information content (AvgIpc) is 3.24. The molecule has 1 N–H and O–H groups in total. The van der Waals surface area contributed by atoms with E-state index in [-0.39, 0.29) is 17.6 Å². The second-order valence-electron chi connectivity index (χ2n) is 8.71. The standard InChI is InChI=1S/C26H30N2O2/c1-15-16(2)18(4)24(19(5)17(15)3)25(29)20-9-12-28(13-10-20)26(30)22-6-7-23-21(14-22)8-11-27-23/h6-8,11,14,20,27H,9-10,12-13H2,1-5H3. The topological polar surface area (TPSA) is 53.2 Å². The van der Waals surface area contributed by atoms with Crippen molar-refractivity contribution in [1.82, 2.24) is 9.88 Å². The molecule has 2 heterocycles. The van der Waals surface area contributed by atoms with Gasteiger partial charge in [-0.25, -0.2) is 0 Å². The summed E-state index contributed by atoms with van der Waals surface area (Å²) in [7, 11) is 0. The molecule has 0 unspecified atom stereocenters. The number of fused-ring (bicyclic) bond motifs is 1. The van der Waals surface area contributed by atoms with E-state index < -0.39 is 0 Å². The summed E-state index contributed by atoms with van der Waals surface area (Å²) in [4.78, 5) is 31.4. The Morgan fingerprint density at radius 1 is 0.867 bits per heavy atom. The van der Waals surface area contributed by atoms with Crippen LogP contribution >= 0.6 is 0 Å². The zero-order valence-electron chi connectivity index (χ0n) is 18.6. The maximum absolute atomic E-state index is 13.4. The number of carbonyl (C=O) groups excluding carboxylic acids is 2. The molecule has 0 bridgehead atoms. The first-order chi connectivity index (χ1) is 14.3. The van der Waals surface area contributed by atoms with Crippen LogP contribution in [0.3, 0.4) is 0 Å². The lowest BCUT2D eigenvalue weighted by Gasteiger charge is -2.32. The Hall–Kier alpha value is -2.88. The minimum absolute atomic E-state index is 0.0138. The van der Waals surface area contributed by atoms with Gasteiger partial charge < -0.3 is 9.88 Å². The summed E-state index contributed by atoms with van der Waals surface area (Å²) in [5, 5.41) is 1.04. The van der Waals surface area contributed by atoms with Crippen molar-refractivity contribution in [2.45, 2.75) is 47.5 Å². The van der Waals surface area contributed by atoms with Crippen molar-refractivity contribution >= 4 is 22.6 Å². The predicted molar refractivity (Wildman–Crippen MR) is 121 cm³/mol. The maximum Gasteiger partial charge on any atom is 0.253 e. The van der Waals surface area contributed by atoms with E-state index in [4.69, 9.17) is 0 Å². The Balaban J connectivity index is 1.49. The van der Waals surface area contributed by atoms with Crippen molar-refractivity contribution in [3.05, 3.63) is 69.4 Å². The summed E-state index contributed by atoms with van der Waals surface area (Å²) < 4.78 is 0. The Labute approximate surface area is 178 Å². The number of aromatic nitrogens is 1. The van der Waals surface area contributed by atoms with E-state index in [0.717, 1.165) is 40.4 Å². The van der Waals surface area contributed by atoms with E-state index in [2.05, 4.69) is 39.6 Å². The highest BCUT2D eigenvalue weighted by Gasteiger charge is 2.30. The van der Waals surface area contributed by atoms with Gasteiger partial charge in [-0.05, 0) is 99.5 Å². The van der Waals surface area contributed by atoms with E-state index in [1.807, 2.05) is 35.4 Å². The van der Waals surface area contributed by atoms with Gasteiger partial charge in [0.15, 0.2) is 5.78 Å². The number of rotatable bonds is 3. The molecule has 1 aliphatic rings. The lowest BCUT2D eigenvalue weighted by Crippen LogP contribution is -2.40. The van der Waals surface area contributed by atoms with Gasteiger partial charge in [-0.3, -0.25) is 9.59 Å². The van der Waals surface area contributed by atoms with Gasteiger partial charge in [-0.15, -0.1) is 0 Å². The quantitative estimate of drug-likeness (QED) is 0.593. The molecule has 0 radical (unpaired) electrons. The smallest absolute Gasteiger partial charge is 0.253 e. The van der Waals surface area contributed by atoms with Crippen molar-refractivity contribution < 1.29 is 9.59 Å². The largest absolute Gasteiger partial charge is 0.361 e. The summed E-state index contributed by atoms with van der Waals surface area (Å²) in [6, 6.07) is 7.75. The molecule has 2 aromatic carbocycles. The van der Waals surface area contributed by atoms with Gasteiger partial charge >= 0.3 is 0 Å². The number of H-pyrrole nitrogens is 1. The minimum atomic E-state index is -0.0138. The molecule has 0 spiro atoms. The molecular weight excluding hydrogens is 372 g/mol. The van der Waals surface area contributed by atoms with Crippen molar-refractivity contribution in [3.8, 4) is 0 Å². The number of benzene rings is 2. The van der Waals surface area contributed by atoms with Crippen LogP contribution in [0.1, 0.15) is 61.4 Å². The number of piperidine rings is 1. The number of hydrogen-bond acceptors (Lipinski definition) is 2. The highest BCUT2D eigenvalue weighted by atomic mass is 16.2. The van der Waals surface area contributed by atoms with Crippen LogP contribution in [0.15, 0.2) is 30.5 Å². The van der Waals surface area contributed by atoms with Crippen molar-refractivity contribution in [2.24, 2.45) is 5.92 Å². The Morgan fingerprint density at radius 2 is 1.47 bits per heavy atom. The van der Waals surface area contributed by atoms with Gasteiger partial charge in [0, 0.05) is 47.2 Å². The SMILES string of the molecule is Cc1c(C)c(C)c(C(=O)C2CCN(C(=O)c3ccc4[nH]ccc4c3)CC2)c(C)c1C. The van der Waals surface area contributed by atoms with Gasteiger partial charge in [0.05, 0.1) is 0 Å². The number of aromatic amines is 1. The summed E-state index contributed by atoms with van der Waals surface area (Å²) in [5.41, 5.74) is 8.58. The fraction of sp³-hybridized carbons (Fsp3) is 0.385. The summed E-state index contributed by atoms with van der Waals surface area (Å²) in [6.07, 6.45) is 3.33. The predicted octanol–water partition coefficient (Wildman–Crippen LogP) is 5.45. The van der Waals surface area contributed by atoms with Gasteiger partial charge in [0.2, 0.25) is 0 Å². The van der Waals surface area contributed by atoms with Crippen LogP contribution in [0.2, 0.25) is 0 Å². The molecule has 0 atom stereocenters. The molecule has 4 heteroatoms. The highest BCUT2D eigenvalue weighted by Crippen LogP contribution is 2.31. The average molecular weight is 403 g/mol. The van der Waals surface area contributed by atoms with Crippen molar-refractivity contribution in [3.63, 3.8) is 0 Å². The number of Topliss-reactive ketones (excluding diaryl/α,β-unsaturated/α-hetero) is 1. The molecular formula is C26H30N2O2. The minimum Gasteiger partial charge on any atom is -0.361 e. The van der Waals surface area contributed by atoms with Gasteiger partial charge in [-0.1, -0.05) is 0 Å². The molecule has 0 aliphatic carbocycles. The van der Waals surface area contributed by atoms with Crippen LogP contribution in [-0.4, -0.2) is 34.7 Å². The van der Waals surface area contributed by atoms with E-state index in [1.54, 1.807) is 0 Å². The van der Waals surface area contributed by atoms with Crippen molar-refractivity contribution in [1.29, 1.82) is 0 Å². The second kappa shape index (κ2) is 7.75. The van der Waals surface area contributed by atoms with Crippen LogP contribution < -0.4 is 0 Å². The van der Waals surface area contributed by atoms with E-state index in [1.165, 1.54) is 16.7 Å². The van der Waals surface area contributed by atoms with Gasteiger partial charge in [0.25, 0.3) is 5.91 Å². The summed E-state index contributed by atoms with van der Waals surface area (Å²) >= 11 is 0. The number of ketones is 1. The summed E-state index contributed by atoms with van der Waals surface area (Å²) in [5.74, 6) is 0.288. The van der Waals surface area contributed by atoms with Gasteiger partial charge in [0.1, 0.15) is 0 Å². The zero-order chi connectivity index (χ0) is 21.6. The first-order valence-corrected chi connectivity index (χ1v) is 10.8. The maximum atomic E-state index is 13.4. The summed E-state index contributed by atoms with van der Waals surface area (Å²) in [6.45, 7) is 11.7. The normalized spacial score (nSPS) is 15.0. The molecule has 0 saturated carbocycles. The fourth-order valence-electron chi connectivity index (χ4n) is 4.79. The van der Waals surface area contributed by atoms with Crippen molar-refractivity contribution in [2.75, 3.05) is 13.1 Å². The third-order valence-electron chi connectivity index (χ3n) is 7.20. The molecule has 1 fully saturated rings. The Kier molecular flexibility index (Phi) is 5.27. The second-order valence-corrected chi connectivity index (χ2v) is 8.71. The molecule has 1 saturated heterocycles. The van der Waals surface area contributed by atoms with Gasteiger partial charge in [-0.2, -0.15) is 0 Å². The highest BCUT2D eigenvalue weighted by molar-refractivity contribution is 6.02. The monoisotopic (exact) mass is 402 g/mol. The lowest BCUT2D eigenvalue weighted by atomic mass is 9.81.